The molecule has 1 aromatic rings. The first-order chi connectivity index (χ1) is 14.9. The van der Waals surface area contributed by atoms with Gasteiger partial charge >= 0.3 is 5.97 Å². The lowest BCUT2D eigenvalue weighted by Gasteiger charge is -2.36. The Morgan fingerprint density at radius 1 is 1.29 bits per heavy atom. The summed E-state index contributed by atoms with van der Waals surface area (Å²) in [5.74, 6) is -0.505. The van der Waals surface area contributed by atoms with Gasteiger partial charge in [0.05, 0.1) is 29.5 Å². The zero-order valence-corrected chi connectivity index (χ0v) is 18.4. The number of aryl methyl sites for hydroxylation is 2. The van der Waals surface area contributed by atoms with Crippen LogP contribution in [0, 0.1) is 11.3 Å². The number of carbonyl (C=O) groups is 3. The van der Waals surface area contributed by atoms with Crippen LogP contribution in [0.4, 0.5) is 0 Å². The molecule has 3 aliphatic heterocycles. The molecule has 9 heteroatoms. The lowest BCUT2D eigenvalue weighted by molar-refractivity contribution is -0.157. The summed E-state index contributed by atoms with van der Waals surface area (Å²) in [5, 5.41) is 7.85. The first kappa shape index (κ1) is 21.8. The van der Waals surface area contributed by atoms with Crippen LogP contribution in [0.5, 0.6) is 0 Å². The number of esters is 1. The summed E-state index contributed by atoms with van der Waals surface area (Å²) >= 11 is 0. The van der Waals surface area contributed by atoms with Crippen molar-refractivity contribution in [1.29, 1.82) is 0 Å². The minimum absolute atomic E-state index is 0.0125. The van der Waals surface area contributed by atoms with E-state index in [1.54, 1.807) is 4.90 Å². The molecular weight excluding hydrogens is 400 g/mol. The van der Waals surface area contributed by atoms with Crippen molar-refractivity contribution in [2.75, 3.05) is 39.5 Å². The maximum absolute atomic E-state index is 12.8. The predicted octanol–water partition coefficient (Wildman–Crippen LogP) is 0.940. The minimum Gasteiger partial charge on any atom is -0.465 e. The van der Waals surface area contributed by atoms with Crippen LogP contribution in [0.25, 0.3) is 0 Å². The topological polar surface area (TPSA) is 103 Å². The van der Waals surface area contributed by atoms with E-state index in [4.69, 9.17) is 14.6 Å². The fourth-order valence-electron chi connectivity index (χ4n) is 4.75. The van der Waals surface area contributed by atoms with E-state index >= 15 is 0 Å². The second-order valence-corrected chi connectivity index (χ2v) is 8.96. The van der Waals surface area contributed by atoms with Crippen molar-refractivity contribution in [2.45, 2.75) is 52.5 Å². The fourth-order valence-corrected chi connectivity index (χ4v) is 4.75. The van der Waals surface area contributed by atoms with E-state index in [9.17, 15) is 14.4 Å². The Morgan fingerprint density at radius 2 is 2.03 bits per heavy atom. The van der Waals surface area contributed by atoms with Gasteiger partial charge in [0, 0.05) is 52.7 Å². The minimum atomic E-state index is -0.244. The maximum atomic E-state index is 12.8. The van der Waals surface area contributed by atoms with Crippen LogP contribution in [0.15, 0.2) is 0 Å². The van der Waals surface area contributed by atoms with Gasteiger partial charge in [0.15, 0.2) is 0 Å². The lowest BCUT2D eigenvalue weighted by atomic mass is 9.76. The van der Waals surface area contributed by atoms with Crippen LogP contribution in [0.1, 0.15) is 54.9 Å². The molecule has 2 saturated heterocycles. The SMILES string of the molecule is CCc1nn(CCCOC(=O)C2CN(C(C)=O)C2)c2c1C(=O)NCC1(CCOCC1)C2. The zero-order valence-electron chi connectivity index (χ0n) is 18.4. The highest BCUT2D eigenvalue weighted by atomic mass is 16.5. The van der Waals surface area contributed by atoms with Gasteiger partial charge in [-0.1, -0.05) is 6.92 Å². The van der Waals surface area contributed by atoms with Crippen LogP contribution in [0.3, 0.4) is 0 Å². The number of ether oxygens (including phenoxy) is 2. The van der Waals surface area contributed by atoms with E-state index in [1.165, 1.54) is 6.92 Å². The molecule has 0 atom stereocenters. The molecule has 0 saturated carbocycles. The highest BCUT2D eigenvalue weighted by molar-refractivity contribution is 5.97. The van der Waals surface area contributed by atoms with Gasteiger partial charge in [-0.15, -0.1) is 0 Å². The van der Waals surface area contributed by atoms with Crippen LogP contribution in [0.2, 0.25) is 0 Å². The Bertz CT molecular complexity index is 852. The van der Waals surface area contributed by atoms with E-state index < -0.39 is 0 Å². The van der Waals surface area contributed by atoms with Gasteiger partial charge in [0.25, 0.3) is 5.91 Å². The van der Waals surface area contributed by atoms with E-state index in [0.29, 0.717) is 45.6 Å². The molecule has 0 aromatic carbocycles. The third-order valence-electron chi connectivity index (χ3n) is 6.83. The number of hydrogen-bond acceptors (Lipinski definition) is 6. The largest absolute Gasteiger partial charge is 0.465 e. The summed E-state index contributed by atoms with van der Waals surface area (Å²) in [6, 6.07) is 0. The van der Waals surface area contributed by atoms with Crippen molar-refractivity contribution >= 4 is 17.8 Å². The van der Waals surface area contributed by atoms with Crippen molar-refractivity contribution in [2.24, 2.45) is 11.3 Å². The van der Waals surface area contributed by atoms with Crippen molar-refractivity contribution in [3.05, 3.63) is 17.0 Å². The van der Waals surface area contributed by atoms with Crippen molar-refractivity contribution in [3.8, 4) is 0 Å². The molecule has 0 aliphatic carbocycles. The molecule has 31 heavy (non-hydrogen) atoms. The molecule has 4 heterocycles. The molecule has 0 bridgehead atoms. The molecule has 0 unspecified atom stereocenters. The average molecular weight is 433 g/mol. The van der Waals surface area contributed by atoms with Crippen molar-refractivity contribution in [1.82, 2.24) is 20.0 Å². The van der Waals surface area contributed by atoms with Gasteiger partial charge in [-0.2, -0.15) is 5.10 Å². The third-order valence-corrected chi connectivity index (χ3v) is 6.83. The van der Waals surface area contributed by atoms with E-state index in [1.807, 2.05) is 11.6 Å². The molecular formula is C22H32N4O5. The molecule has 0 radical (unpaired) electrons. The molecule has 1 spiro atoms. The second-order valence-electron chi connectivity index (χ2n) is 8.96. The van der Waals surface area contributed by atoms with Crippen molar-refractivity contribution in [3.63, 3.8) is 0 Å². The fraction of sp³-hybridized carbons (Fsp3) is 0.727. The van der Waals surface area contributed by atoms with E-state index in [2.05, 4.69) is 5.32 Å². The normalized spacial score (nSPS) is 20.6. The summed E-state index contributed by atoms with van der Waals surface area (Å²) in [6.45, 7) is 7.42. The van der Waals surface area contributed by atoms with Crippen molar-refractivity contribution < 1.29 is 23.9 Å². The Hall–Kier alpha value is -2.42. The first-order valence-electron chi connectivity index (χ1n) is 11.3. The van der Waals surface area contributed by atoms with Gasteiger partial charge in [-0.3, -0.25) is 19.1 Å². The average Bonchev–Trinajstić information content (AvgIpc) is 2.99. The number of amides is 2. The summed E-state index contributed by atoms with van der Waals surface area (Å²) in [6.07, 6.45) is 3.98. The lowest BCUT2D eigenvalue weighted by Crippen LogP contribution is -2.52. The summed E-state index contributed by atoms with van der Waals surface area (Å²) in [5.41, 5.74) is 2.56. The predicted molar refractivity (Wildman–Crippen MR) is 111 cm³/mol. The van der Waals surface area contributed by atoms with Crippen LogP contribution < -0.4 is 5.32 Å². The van der Waals surface area contributed by atoms with Crippen LogP contribution >= 0.6 is 0 Å². The Balaban J connectivity index is 1.38. The van der Waals surface area contributed by atoms with Gasteiger partial charge < -0.3 is 19.7 Å². The number of nitrogens with one attached hydrogen (secondary N) is 1. The molecule has 2 amide bonds. The molecule has 1 N–H and O–H groups in total. The number of nitrogens with zero attached hydrogens (tertiary/aromatic N) is 3. The highest BCUT2D eigenvalue weighted by Crippen LogP contribution is 2.37. The smallest absolute Gasteiger partial charge is 0.312 e. The number of carbonyl (C=O) groups excluding carboxylic acids is 3. The van der Waals surface area contributed by atoms with E-state index in [-0.39, 0.29) is 29.1 Å². The van der Waals surface area contributed by atoms with Crippen LogP contribution in [-0.2, 0) is 38.4 Å². The number of aromatic nitrogens is 2. The Morgan fingerprint density at radius 3 is 2.71 bits per heavy atom. The van der Waals surface area contributed by atoms with Gasteiger partial charge in [-0.25, -0.2) is 0 Å². The maximum Gasteiger partial charge on any atom is 0.312 e. The van der Waals surface area contributed by atoms with Gasteiger partial charge in [-0.05, 0) is 31.1 Å². The van der Waals surface area contributed by atoms with Gasteiger partial charge in [0.1, 0.15) is 0 Å². The van der Waals surface area contributed by atoms with E-state index in [0.717, 1.165) is 49.4 Å². The zero-order chi connectivity index (χ0) is 22.0. The number of rotatable bonds is 6. The summed E-state index contributed by atoms with van der Waals surface area (Å²) < 4.78 is 12.9. The quantitative estimate of drug-likeness (QED) is 0.530. The first-order valence-corrected chi connectivity index (χ1v) is 11.3. The molecule has 2 fully saturated rings. The van der Waals surface area contributed by atoms with Gasteiger partial charge in [0.2, 0.25) is 5.91 Å². The summed E-state index contributed by atoms with van der Waals surface area (Å²) in [7, 11) is 0. The highest BCUT2D eigenvalue weighted by Gasteiger charge is 2.39. The Labute approximate surface area is 182 Å². The molecule has 9 nitrogen and oxygen atoms in total. The molecule has 4 rings (SSSR count). The number of hydrogen-bond donors (Lipinski definition) is 1. The monoisotopic (exact) mass is 432 g/mol. The molecule has 1 aromatic heterocycles. The summed E-state index contributed by atoms with van der Waals surface area (Å²) in [4.78, 5) is 37.8. The molecule has 3 aliphatic rings. The number of fused-ring (bicyclic) bond motifs is 1. The standard InChI is InChI=1S/C22H32N4O5/c1-3-17-19-18(11-22(14-23-20(19)28)5-9-30-10-6-22)26(24-17)7-4-8-31-21(29)16-12-25(13-16)15(2)27/h16H,3-14H2,1-2H3,(H,23,28). The van der Waals surface area contributed by atoms with Crippen LogP contribution in [-0.4, -0.2) is 71.9 Å². The molecule has 170 valence electrons. The number of likely N-dealkylation sites (tertiary alicyclic amines) is 1. The Kier molecular flexibility index (Phi) is 6.31. The third kappa shape index (κ3) is 4.46. The second kappa shape index (κ2) is 8.98.